The first-order chi connectivity index (χ1) is 8.79. The second-order valence-electron chi connectivity index (χ2n) is 4.07. The van der Waals surface area contributed by atoms with Crippen molar-refractivity contribution in [2.45, 2.75) is 12.8 Å². The van der Waals surface area contributed by atoms with Crippen LogP contribution in [0.3, 0.4) is 0 Å². The highest BCUT2D eigenvalue weighted by atomic mass is 16.5. The number of benzene rings is 1. The minimum absolute atomic E-state index is 0.112. The van der Waals surface area contributed by atoms with Crippen LogP contribution in [0.1, 0.15) is 12.8 Å². The Morgan fingerprint density at radius 2 is 1.94 bits per heavy atom. The molecule has 0 atom stereocenters. The third-order valence-corrected chi connectivity index (χ3v) is 2.80. The zero-order valence-electron chi connectivity index (χ0n) is 10.4. The number of hydrogen-bond acceptors (Lipinski definition) is 5. The van der Waals surface area contributed by atoms with E-state index >= 15 is 0 Å². The van der Waals surface area contributed by atoms with Gasteiger partial charge in [-0.05, 0) is 24.3 Å². The van der Waals surface area contributed by atoms with Crippen LogP contribution in [0.15, 0.2) is 29.4 Å². The average Bonchev–Trinajstić information content (AvgIpc) is 2.62. The quantitative estimate of drug-likeness (QED) is 0.793. The standard InChI is InChI=1S/C13H17N3O2/c1-18-11-4-2-10(3-5-11)15-16-12-6-8-14-9-7-13(12)17/h2-5,14-15H,6-9H2,1H3/b16-12+. The van der Waals surface area contributed by atoms with Gasteiger partial charge in [-0.15, -0.1) is 0 Å². The lowest BCUT2D eigenvalue weighted by Crippen LogP contribution is -2.15. The van der Waals surface area contributed by atoms with E-state index in [1.165, 1.54) is 0 Å². The lowest BCUT2D eigenvalue weighted by atomic mass is 10.1. The van der Waals surface area contributed by atoms with Crippen molar-refractivity contribution < 1.29 is 9.53 Å². The molecule has 0 unspecified atom stereocenters. The van der Waals surface area contributed by atoms with E-state index in [1.54, 1.807) is 7.11 Å². The molecule has 0 spiro atoms. The molecule has 0 radical (unpaired) electrons. The number of methoxy groups -OCH3 is 1. The monoisotopic (exact) mass is 247 g/mol. The molecule has 0 saturated carbocycles. The van der Waals surface area contributed by atoms with E-state index in [4.69, 9.17) is 4.74 Å². The van der Waals surface area contributed by atoms with E-state index < -0.39 is 0 Å². The Labute approximate surface area is 106 Å². The van der Waals surface area contributed by atoms with Crippen LogP contribution in [0, 0.1) is 0 Å². The van der Waals surface area contributed by atoms with Gasteiger partial charge in [-0.2, -0.15) is 5.10 Å². The van der Waals surface area contributed by atoms with Gasteiger partial charge in [0.1, 0.15) is 11.5 Å². The molecule has 1 aliphatic heterocycles. The normalized spacial score (nSPS) is 18.5. The van der Waals surface area contributed by atoms with E-state index in [2.05, 4.69) is 15.8 Å². The summed E-state index contributed by atoms with van der Waals surface area (Å²) in [5, 5.41) is 7.36. The molecule has 0 amide bonds. The Kier molecular flexibility index (Phi) is 4.30. The van der Waals surface area contributed by atoms with Crippen molar-refractivity contribution in [1.29, 1.82) is 0 Å². The van der Waals surface area contributed by atoms with Gasteiger partial charge in [0.25, 0.3) is 0 Å². The highest BCUT2D eigenvalue weighted by molar-refractivity contribution is 6.40. The van der Waals surface area contributed by atoms with Crippen LogP contribution in [0.4, 0.5) is 5.69 Å². The van der Waals surface area contributed by atoms with Gasteiger partial charge >= 0.3 is 0 Å². The van der Waals surface area contributed by atoms with Crippen LogP contribution in [-0.4, -0.2) is 31.7 Å². The summed E-state index contributed by atoms with van der Waals surface area (Å²) in [6, 6.07) is 7.42. The molecule has 0 aromatic heterocycles. The van der Waals surface area contributed by atoms with E-state index in [1.807, 2.05) is 24.3 Å². The van der Waals surface area contributed by atoms with Gasteiger partial charge in [-0.3, -0.25) is 10.2 Å². The Morgan fingerprint density at radius 3 is 2.67 bits per heavy atom. The zero-order chi connectivity index (χ0) is 12.8. The number of nitrogens with zero attached hydrogens (tertiary/aromatic N) is 1. The van der Waals surface area contributed by atoms with Gasteiger partial charge in [0.2, 0.25) is 0 Å². The molecule has 96 valence electrons. The highest BCUT2D eigenvalue weighted by Gasteiger charge is 2.14. The predicted octanol–water partition coefficient (Wildman–Crippen LogP) is 1.42. The summed E-state index contributed by atoms with van der Waals surface area (Å²) in [5.74, 6) is 0.906. The Hall–Kier alpha value is -1.88. The van der Waals surface area contributed by atoms with Crippen molar-refractivity contribution in [2.75, 3.05) is 25.6 Å². The molecular weight excluding hydrogens is 230 g/mol. The van der Waals surface area contributed by atoms with Gasteiger partial charge in [0.15, 0.2) is 5.78 Å². The molecule has 1 heterocycles. The summed E-state index contributed by atoms with van der Waals surface area (Å²) in [4.78, 5) is 11.7. The molecule has 1 aromatic rings. The maximum atomic E-state index is 11.7. The van der Waals surface area contributed by atoms with Crippen LogP contribution >= 0.6 is 0 Å². The van der Waals surface area contributed by atoms with Gasteiger partial charge in [0.05, 0.1) is 12.8 Å². The first-order valence-corrected chi connectivity index (χ1v) is 6.00. The lowest BCUT2D eigenvalue weighted by Gasteiger charge is -2.04. The molecule has 1 aliphatic rings. The maximum absolute atomic E-state index is 11.7. The maximum Gasteiger partial charge on any atom is 0.180 e. The fourth-order valence-corrected chi connectivity index (χ4v) is 1.73. The molecule has 2 N–H and O–H groups in total. The number of anilines is 1. The molecule has 5 heteroatoms. The fraction of sp³-hybridized carbons (Fsp3) is 0.385. The largest absolute Gasteiger partial charge is 0.497 e. The molecule has 18 heavy (non-hydrogen) atoms. The Balaban J connectivity index is 2.01. The fourth-order valence-electron chi connectivity index (χ4n) is 1.73. The van der Waals surface area contributed by atoms with Gasteiger partial charge in [-0.1, -0.05) is 0 Å². The van der Waals surface area contributed by atoms with Crippen LogP contribution in [0.5, 0.6) is 5.75 Å². The summed E-state index contributed by atoms with van der Waals surface area (Å²) >= 11 is 0. The Bertz CT molecular complexity index is 440. The number of nitrogens with one attached hydrogen (secondary N) is 2. The molecule has 1 saturated heterocycles. The number of carbonyl (C=O) groups excluding carboxylic acids is 1. The molecular formula is C13H17N3O2. The van der Waals surface area contributed by atoms with Crippen molar-refractivity contribution in [2.24, 2.45) is 5.10 Å². The summed E-state index contributed by atoms with van der Waals surface area (Å²) in [5.41, 5.74) is 4.36. The SMILES string of the molecule is COc1ccc(N/N=C2\CCNCCC2=O)cc1. The summed E-state index contributed by atoms with van der Waals surface area (Å²) in [6.07, 6.45) is 1.19. The van der Waals surface area contributed by atoms with Crippen molar-refractivity contribution in [3.8, 4) is 5.75 Å². The minimum atomic E-state index is 0.112. The lowest BCUT2D eigenvalue weighted by molar-refractivity contribution is -0.112. The van der Waals surface area contributed by atoms with E-state index in [-0.39, 0.29) is 5.78 Å². The number of rotatable bonds is 3. The number of hydrogen-bond donors (Lipinski definition) is 2. The smallest absolute Gasteiger partial charge is 0.180 e. The van der Waals surface area contributed by atoms with Crippen LogP contribution in [0.2, 0.25) is 0 Å². The summed E-state index contributed by atoms with van der Waals surface area (Å²) in [7, 11) is 1.62. The van der Waals surface area contributed by atoms with Gasteiger partial charge < -0.3 is 10.1 Å². The van der Waals surface area contributed by atoms with Crippen LogP contribution < -0.4 is 15.5 Å². The number of carbonyl (C=O) groups is 1. The third kappa shape index (κ3) is 3.30. The molecule has 1 aromatic carbocycles. The van der Waals surface area contributed by atoms with Gasteiger partial charge in [0, 0.05) is 25.9 Å². The Morgan fingerprint density at radius 1 is 1.22 bits per heavy atom. The predicted molar refractivity (Wildman–Crippen MR) is 71.2 cm³/mol. The molecule has 5 nitrogen and oxygen atoms in total. The highest BCUT2D eigenvalue weighted by Crippen LogP contribution is 2.15. The number of Topliss-reactive ketones (excluding diaryl/α,β-unsaturated/α-hetero) is 1. The number of ether oxygens (including phenoxy) is 1. The van der Waals surface area contributed by atoms with E-state index in [0.717, 1.165) is 24.5 Å². The van der Waals surface area contributed by atoms with Crippen molar-refractivity contribution in [3.63, 3.8) is 0 Å². The molecule has 0 bridgehead atoms. The first kappa shape index (κ1) is 12.6. The number of ketones is 1. The van der Waals surface area contributed by atoms with Crippen LogP contribution in [-0.2, 0) is 4.79 Å². The summed E-state index contributed by atoms with van der Waals surface area (Å²) < 4.78 is 5.07. The molecule has 1 fully saturated rings. The van der Waals surface area contributed by atoms with Crippen molar-refractivity contribution in [3.05, 3.63) is 24.3 Å². The van der Waals surface area contributed by atoms with E-state index in [0.29, 0.717) is 18.6 Å². The van der Waals surface area contributed by atoms with E-state index in [9.17, 15) is 4.79 Å². The zero-order valence-corrected chi connectivity index (χ0v) is 10.4. The van der Waals surface area contributed by atoms with Crippen LogP contribution in [0.25, 0.3) is 0 Å². The molecule has 2 rings (SSSR count). The van der Waals surface area contributed by atoms with Gasteiger partial charge in [-0.25, -0.2) is 0 Å². The second-order valence-corrected chi connectivity index (χ2v) is 4.07. The van der Waals surface area contributed by atoms with Crippen molar-refractivity contribution >= 4 is 17.2 Å². The first-order valence-electron chi connectivity index (χ1n) is 6.00. The summed E-state index contributed by atoms with van der Waals surface area (Å²) in [6.45, 7) is 1.54. The minimum Gasteiger partial charge on any atom is -0.497 e. The third-order valence-electron chi connectivity index (χ3n) is 2.80. The number of hydrazone groups is 1. The molecule has 0 aliphatic carbocycles. The van der Waals surface area contributed by atoms with Crippen molar-refractivity contribution in [1.82, 2.24) is 5.32 Å². The average molecular weight is 247 g/mol. The second kappa shape index (κ2) is 6.16. The topological polar surface area (TPSA) is 62.7 Å².